The fraction of sp³-hybridized carbons (Fsp3) is 0.571. The van der Waals surface area contributed by atoms with Crippen molar-refractivity contribution in [2.45, 2.75) is 12.2 Å². The lowest BCUT2D eigenvalue weighted by molar-refractivity contribution is 0.0203. The van der Waals surface area contributed by atoms with Gasteiger partial charge >= 0.3 is 0 Å². The number of aliphatic hydroxyl groups excluding tert-OH is 2. The molecule has 1 heterocycles. The van der Waals surface area contributed by atoms with E-state index in [0.29, 0.717) is 19.8 Å². The van der Waals surface area contributed by atoms with E-state index in [4.69, 9.17) is 4.74 Å². The molecular formula is C14H22N2O3. The molecule has 106 valence electrons. The highest BCUT2D eigenvalue weighted by Crippen LogP contribution is 2.28. The van der Waals surface area contributed by atoms with Crippen LogP contribution in [0.1, 0.15) is 11.7 Å². The Morgan fingerprint density at radius 3 is 2.63 bits per heavy atom. The molecule has 0 aliphatic carbocycles. The predicted octanol–water partition coefficient (Wildman–Crippen LogP) is 0.137. The van der Waals surface area contributed by atoms with Crippen molar-refractivity contribution in [1.29, 1.82) is 0 Å². The van der Waals surface area contributed by atoms with Gasteiger partial charge in [0.1, 0.15) is 6.10 Å². The summed E-state index contributed by atoms with van der Waals surface area (Å²) < 4.78 is 5.34. The molecule has 0 aromatic heterocycles. The van der Waals surface area contributed by atoms with Crippen molar-refractivity contribution in [1.82, 2.24) is 5.32 Å². The molecule has 1 aromatic rings. The minimum absolute atomic E-state index is 0.360. The van der Waals surface area contributed by atoms with Crippen molar-refractivity contribution in [3.05, 3.63) is 29.8 Å². The molecule has 1 aliphatic heterocycles. The predicted molar refractivity (Wildman–Crippen MR) is 74.4 cm³/mol. The molecule has 1 aliphatic rings. The molecule has 1 fully saturated rings. The lowest BCUT2D eigenvalue weighted by Crippen LogP contribution is -2.38. The van der Waals surface area contributed by atoms with E-state index in [0.717, 1.165) is 24.3 Å². The number of nitrogens with zero attached hydrogens (tertiary/aromatic N) is 1. The van der Waals surface area contributed by atoms with Gasteiger partial charge in [0.2, 0.25) is 0 Å². The van der Waals surface area contributed by atoms with Crippen LogP contribution < -0.4 is 10.2 Å². The van der Waals surface area contributed by atoms with Gasteiger partial charge in [-0.05, 0) is 13.1 Å². The Hall–Kier alpha value is -1.14. The van der Waals surface area contributed by atoms with Gasteiger partial charge in [-0.25, -0.2) is 0 Å². The maximum Gasteiger partial charge on any atom is 0.108 e. The molecule has 0 bridgehead atoms. The molecule has 0 spiro atoms. The average Bonchev–Trinajstić information content (AvgIpc) is 2.47. The summed E-state index contributed by atoms with van der Waals surface area (Å²) in [6, 6.07) is 7.68. The zero-order valence-electron chi connectivity index (χ0n) is 11.2. The van der Waals surface area contributed by atoms with Gasteiger partial charge in [0.05, 0.1) is 19.3 Å². The lowest BCUT2D eigenvalue weighted by atomic mass is 10.0. The third kappa shape index (κ3) is 3.45. The highest BCUT2D eigenvalue weighted by atomic mass is 16.5. The lowest BCUT2D eigenvalue weighted by Gasteiger charge is -2.32. The number of aliphatic hydroxyl groups is 2. The van der Waals surface area contributed by atoms with Crippen molar-refractivity contribution in [3.63, 3.8) is 0 Å². The topological polar surface area (TPSA) is 65.0 Å². The average molecular weight is 266 g/mol. The summed E-state index contributed by atoms with van der Waals surface area (Å²) in [5.74, 6) is 0. The van der Waals surface area contributed by atoms with Gasteiger partial charge in [0.15, 0.2) is 0 Å². The molecule has 19 heavy (non-hydrogen) atoms. The van der Waals surface area contributed by atoms with Gasteiger partial charge in [0, 0.05) is 30.9 Å². The van der Waals surface area contributed by atoms with Gasteiger partial charge in [-0.3, -0.25) is 0 Å². The van der Waals surface area contributed by atoms with Crippen LogP contribution in [0.2, 0.25) is 0 Å². The Labute approximate surface area is 113 Å². The number of hydrogen-bond acceptors (Lipinski definition) is 5. The number of morpholine rings is 1. The second-order valence-electron chi connectivity index (χ2n) is 4.73. The summed E-state index contributed by atoms with van der Waals surface area (Å²) in [5, 5.41) is 23.1. The van der Waals surface area contributed by atoms with Crippen molar-refractivity contribution in [2.24, 2.45) is 0 Å². The molecule has 3 N–H and O–H groups in total. The van der Waals surface area contributed by atoms with E-state index in [1.807, 2.05) is 24.3 Å². The minimum atomic E-state index is -0.883. The number of anilines is 1. The number of para-hydroxylation sites is 1. The summed E-state index contributed by atoms with van der Waals surface area (Å²) in [4.78, 5) is 2.19. The molecule has 5 heteroatoms. The first-order valence-corrected chi connectivity index (χ1v) is 6.66. The summed E-state index contributed by atoms with van der Waals surface area (Å²) in [7, 11) is 1.75. The largest absolute Gasteiger partial charge is 0.389 e. The Morgan fingerprint density at radius 1 is 1.26 bits per heavy atom. The van der Waals surface area contributed by atoms with E-state index in [-0.39, 0.29) is 0 Å². The molecule has 1 saturated heterocycles. The van der Waals surface area contributed by atoms with Crippen LogP contribution in [0.4, 0.5) is 5.69 Å². The van der Waals surface area contributed by atoms with Gasteiger partial charge in [-0.2, -0.15) is 0 Å². The molecule has 2 atom stereocenters. The van der Waals surface area contributed by atoms with Crippen molar-refractivity contribution in [2.75, 3.05) is 44.8 Å². The third-order valence-electron chi connectivity index (χ3n) is 3.38. The van der Waals surface area contributed by atoms with Gasteiger partial charge in [-0.1, -0.05) is 18.2 Å². The Bertz CT molecular complexity index is 394. The molecule has 0 radical (unpaired) electrons. The normalized spacial score (nSPS) is 19.2. The van der Waals surface area contributed by atoms with Crippen LogP contribution in [0.25, 0.3) is 0 Å². The molecule has 0 saturated carbocycles. The smallest absolute Gasteiger partial charge is 0.108 e. The van der Waals surface area contributed by atoms with E-state index >= 15 is 0 Å². The van der Waals surface area contributed by atoms with E-state index in [1.54, 1.807) is 7.05 Å². The minimum Gasteiger partial charge on any atom is -0.389 e. The maximum absolute atomic E-state index is 10.3. The van der Waals surface area contributed by atoms with Crippen LogP contribution in [-0.4, -0.2) is 56.2 Å². The standard InChI is InChI=1S/C14H22N2O3/c1-15-10-13(17)14(18)11-4-2-3-5-12(11)16-6-8-19-9-7-16/h2-5,13-15,17-18H,6-10H2,1H3. The fourth-order valence-corrected chi connectivity index (χ4v) is 2.36. The Kier molecular flexibility index (Phi) is 5.15. The summed E-state index contributed by atoms with van der Waals surface area (Å²) in [6.45, 7) is 3.38. The number of benzene rings is 1. The molecule has 2 unspecified atom stereocenters. The van der Waals surface area contributed by atoms with Crippen LogP contribution in [0.15, 0.2) is 24.3 Å². The fourth-order valence-electron chi connectivity index (χ4n) is 2.36. The third-order valence-corrected chi connectivity index (χ3v) is 3.38. The van der Waals surface area contributed by atoms with Crippen LogP contribution in [-0.2, 0) is 4.74 Å². The highest BCUT2D eigenvalue weighted by molar-refractivity contribution is 5.55. The van der Waals surface area contributed by atoms with Crippen LogP contribution in [0.5, 0.6) is 0 Å². The van der Waals surface area contributed by atoms with Gasteiger partial charge < -0.3 is 25.2 Å². The Morgan fingerprint density at radius 2 is 1.95 bits per heavy atom. The quantitative estimate of drug-likeness (QED) is 0.707. The van der Waals surface area contributed by atoms with Crippen LogP contribution >= 0.6 is 0 Å². The maximum atomic E-state index is 10.3. The van der Waals surface area contributed by atoms with Gasteiger partial charge in [-0.15, -0.1) is 0 Å². The second-order valence-corrected chi connectivity index (χ2v) is 4.73. The monoisotopic (exact) mass is 266 g/mol. The second kappa shape index (κ2) is 6.86. The van der Waals surface area contributed by atoms with Crippen molar-refractivity contribution >= 4 is 5.69 Å². The number of nitrogens with one attached hydrogen (secondary N) is 1. The van der Waals surface area contributed by atoms with Crippen molar-refractivity contribution in [3.8, 4) is 0 Å². The number of likely N-dealkylation sites (N-methyl/N-ethyl adjacent to an activating group) is 1. The summed E-state index contributed by atoms with van der Waals surface area (Å²) in [6.07, 6.45) is -1.70. The number of hydrogen-bond donors (Lipinski definition) is 3. The van der Waals surface area contributed by atoms with Crippen molar-refractivity contribution < 1.29 is 14.9 Å². The van der Waals surface area contributed by atoms with Crippen LogP contribution in [0, 0.1) is 0 Å². The zero-order chi connectivity index (χ0) is 13.7. The van der Waals surface area contributed by atoms with E-state index in [2.05, 4.69) is 10.2 Å². The first-order chi connectivity index (χ1) is 9.24. The zero-order valence-corrected chi connectivity index (χ0v) is 11.2. The van der Waals surface area contributed by atoms with E-state index in [1.165, 1.54) is 0 Å². The highest BCUT2D eigenvalue weighted by Gasteiger charge is 2.23. The Balaban J connectivity index is 2.19. The van der Waals surface area contributed by atoms with Gasteiger partial charge in [0.25, 0.3) is 0 Å². The first-order valence-electron chi connectivity index (χ1n) is 6.66. The molecule has 5 nitrogen and oxygen atoms in total. The SMILES string of the molecule is CNCC(O)C(O)c1ccccc1N1CCOCC1. The molecular weight excluding hydrogens is 244 g/mol. The molecule has 0 amide bonds. The first kappa shape index (κ1) is 14.3. The summed E-state index contributed by atoms with van der Waals surface area (Å²) in [5.41, 5.74) is 1.75. The molecule has 1 aromatic carbocycles. The molecule has 2 rings (SSSR count). The van der Waals surface area contributed by atoms with E-state index < -0.39 is 12.2 Å². The number of rotatable bonds is 5. The van der Waals surface area contributed by atoms with Crippen LogP contribution in [0.3, 0.4) is 0 Å². The summed E-state index contributed by atoms with van der Waals surface area (Å²) >= 11 is 0. The number of ether oxygens (including phenoxy) is 1. The van der Waals surface area contributed by atoms with E-state index in [9.17, 15) is 10.2 Å².